The van der Waals surface area contributed by atoms with Crippen molar-refractivity contribution in [3.05, 3.63) is 71.6 Å². The van der Waals surface area contributed by atoms with E-state index < -0.39 is 18.1 Å². The van der Waals surface area contributed by atoms with E-state index in [9.17, 15) is 9.59 Å². The van der Waals surface area contributed by atoms with Crippen LogP contribution in [0.5, 0.6) is 11.5 Å². The fraction of sp³-hybridized carbons (Fsp3) is 0.357. The molecule has 5 rings (SSSR count). The molecule has 0 bridgehead atoms. The molecule has 1 aromatic heterocycles. The molecule has 1 aliphatic heterocycles. The van der Waals surface area contributed by atoms with Crippen LogP contribution >= 0.6 is 0 Å². The summed E-state index contributed by atoms with van der Waals surface area (Å²) < 4.78 is 22.5. The molecule has 0 radical (unpaired) electrons. The lowest BCUT2D eigenvalue weighted by molar-refractivity contribution is 0.0712. The maximum absolute atomic E-state index is 12.8. The number of amides is 2. The van der Waals surface area contributed by atoms with Crippen molar-refractivity contribution in [3.8, 4) is 11.5 Å². The van der Waals surface area contributed by atoms with Gasteiger partial charge in [-0.05, 0) is 68.0 Å². The van der Waals surface area contributed by atoms with E-state index in [0.29, 0.717) is 29.3 Å². The third kappa shape index (κ3) is 5.64. The Balaban J connectivity index is 1.38. The molecular weight excluding hydrogens is 488 g/mol. The van der Waals surface area contributed by atoms with E-state index in [1.54, 1.807) is 25.3 Å². The number of benzene rings is 2. The standard InChI is InChI=1S/C28H30N4O6/c1-3-22-26(19-11-12-23(35-2)25(16-19)36-21-9-4-5-10-21)31-32(28(34)37-22)17-18-7-6-8-20(15-18)30-27(33)24-13-14-29-38-24/h6-8,11-16,21-22H,3-5,9-10,17H2,1-2H3,(H,30,33). The molecule has 3 aromatic rings. The highest BCUT2D eigenvalue weighted by atomic mass is 16.6. The maximum Gasteiger partial charge on any atom is 0.431 e. The first-order valence-corrected chi connectivity index (χ1v) is 12.8. The van der Waals surface area contributed by atoms with Crippen LogP contribution in [0, 0.1) is 0 Å². The lowest BCUT2D eigenvalue weighted by atomic mass is 10.0. The van der Waals surface area contributed by atoms with E-state index >= 15 is 0 Å². The van der Waals surface area contributed by atoms with Gasteiger partial charge in [-0.3, -0.25) is 4.79 Å². The molecule has 1 aliphatic carbocycles. The fourth-order valence-corrected chi connectivity index (χ4v) is 4.65. The second-order valence-electron chi connectivity index (χ2n) is 9.24. The minimum Gasteiger partial charge on any atom is -0.493 e. The smallest absolute Gasteiger partial charge is 0.431 e. The van der Waals surface area contributed by atoms with E-state index in [1.165, 1.54) is 17.3 Å². The molecule has 0 saturated heterocycles. The Hall–Kier alpha value is -4.34. The van der Waals surface area contributed by atoms with E-state index in [-0.39, 0.29) is 18.4 Å². The molecule has 38 heavy (non-hydrogen) atoms. The summed E-state index contributed by atoms with van der Waals surface area (Å²) in [4.78, 5) is 25.1. The molecule has 2 heterocycles. The number of aromatic nitrogens is 1. The molecular formula is C28H30N4O6. The van der Waals surface area contributed by atoms with Gasteiger partial charge in [-0.15, -0.1) is 0 Å². The molecule has 10 heteroatoms. The Morgan fingerprint density at radius 1 is 1.13 bits per heavy atom. The lowest BCUT2D eigenvalue weighted by Crippen LogP contribution is -2.41. The van der Waals surface area contributed by atoms with Crippen molar-refractivity contribution in [3.63, 3.8) is 0 Å². The zero-order chi connectivity index (χ0) is 26.5. The van der Waals surface area contributed by atoms with Crippen LogP contribution in [0.15, 0.2) is 64.4 Å². The predicted molar refractivity (Wildman–Crippen MR) is 139 cm³/mol. The van der Waals surface area contributed by atoms with Crippen LogP contribution < -0.4 is 14.8 Å². The summed E-state index contributed by atoms with van der Waals surface area (Å²) in [5, 5.41) is 12.3. The summed E-state index contributed by atoms with van der Waals surface area (Å²) in [7, 11) is 1.62. The van der Waals surface area contributed by atoms with Crippen LogP contribution in [0.4, 0.5) is 10.5 Å². The van der Waals surface area contributed by atoms with Crippen LogP contribution in [0.1, 0.15) is 60.7 Å². The number of anilines is 1. The number of nitrogens with zero attached hydrogens (tertiary/aromatic N) is 3. The summed E-state index contributed by atoms with van der Waals surface area (Å²) in [6, 6.07) is 14.3. The summed E-state index contributed by atoms with van der Waals surface area (Å²) >= 11 is 0. The third-order valence-corrected chi connectivity index (χ3v) is 6.59. The van der Waals surface area contributed by atoms with Gasteiger partial charge in [0.15, 0.2) is 11.5 Å². The fourth-order valence-electron chi connectivity index (χ4n) is 4.65. The highest BCUT2D eigenvalue weighted by Crippen LogP contribution is 2.34. The van der Waals surface area contributed by atoms with Gasteiger partial charge in [-0.25, -0.2) is 4.79 Å². The van der Waals surface area contributed by atoms with E-state index in [4.69, 9.17) is 23.8 Å². The van der Waals surface area contributed by atoms with Crippen molar-refractivity contribution in [1.29, 1.82) is 0 Å². The quantitative estimate of drug-likeness (QED) is 0.404. The van der Waals surface area contributed by atoms with Crippen LogP contribution in [-0.2, 0) is 11.3 Å². The number of methoxy groups -OCH3 is 1. The first-order chi connectivity index (χ1) is 18.5. The van der Waals surface area contributed by atoms with Crippen LogP contribution in [0.25, 0.3) is 0 Å². The van der Waals surface area contributed by atoms with Crippen molar-refractivity contribution in [2.45, 2.75) is 57.8 Å². The van der Waals surface area contributed by atoms with Gasteiger partial charge in [0, 0.05) is 17.3 Å². The number of hydrogen-bond donors (Lipinski definition) is 1. The van der Waals surface area contributed by atoms with E-state index in [0.717, 1.165) is 36.8 Å². The average molecular weight is 519 g/mol. The zero-order valence-corrected chi connectivity index (χ0v) is 21.4. The van der Waals surface area contributed by atoms with Crippen molar-refractivity contribution in [1.82, 2.24) is 10.2 Å². The van der Waals surface area contributed by atoms with Gasteiger partial charge in [0.2, 0.25) is 5.76 Å². The third-order valence-electron chi connectivity index (χ3n) is 6.59. The molecule has 2 aromatic carbocycles. The van der Waals surface area contributed by atoms with Crippen LogP contribution in [0.3, 0.4) is 0 Å². The molecule has 0 spiro atoms. The Morgan fingerprint density at radius 3 is 2.71 bits per heavy atom. The molecule has 1 saturated carbocycles. The van der Waals surface area contributed by atoms with Crippen molar-refractivity contribution < 1.29 is 28.3 Å². The molecule has 1 atom stereocenters. The van der Waals surface area contributed by atoms with Gasteiger partial charge < -0.3 is 24.1 Å². The lowest BCUT2D eigenvalue weighted by Gasteiger charge is -2.29. The normalized spacial score (nSPS) is 17.6. The van der Waals surface area contributed by atoms with Gasteiger partial charge >= 0.3 is 6.09 Å². The van der Waals surface area contributed by atoms with E-state index in [1.807, 2.05) is 31.2 Å². The summed E-state index contributed by atoms with van der Waals surface area (Å²) in [5.41, 5.74) is 2.75. The van der Waals surface area contributed by atoms with Crippen molar-refractivity contribution in [2.75, 3.05) is 12.4 Å². The number of hydrogen-bond acceptors (Lipinski definition) is 8. The average Bonchev–Trinajstić information content (AvgIpc) is 3.65. The number of cyclic esters (lactones) is 1. The number of nitrogens with one attached hydrogen (secondary N) is 1. The van der Waals surface area contributed by atoms with Crippen molar-refractivity contribution >= 4 is 23.4 Å². The monoisotopic (exact) mass is 518 g/mol. The summed E-state index contributed by atoms with van der Waals surface area (Å²) in [6.07, 6.45) is 5.49. The Labute approximate surface area is 220 Å². The Bertz CT molecular complexity index is 1320. The topological polar surface area (TPSA) is 115 Å². The van der Waals surface area contributed by atoms with Gasteiger partial charge in [0.25, 0.3) is 5.91 Å². The van der Waals surface area contributed by atoms with Crippen LogP contribution in [0.2, 0.25) is 0 Å². The minimum absolute atomic E-state index is 0.102. The van der Waals surface area contributed by atoms with Gasteiger partial charge in [-0.2, -0.15) is 10.1 Å². The molecule has 2 amide bonds. The second kappa shape index (κ2) is 11.4. The van der Waals surface area contributed by atoms with E-state index in [2.05, 4.69) is 10.5 Å². The molecule has 10 nitrogen and oxygen atoms in total. The molecule has 198 valence electrons. The first-order valence-electron chi connectivity index (χ1n) is 12.8. The van der Waals surface area contributed by atoms with Gasteiger partial charge in [-0.1, -0.05) is 24.2 Å². The molecule has 1 fully saturated rings. The van der Waals surface area contributed by atoms with Gasteiger partial charge in [0.1, 0.15) is 11.8 Å². The van der Waals surface area contributed by atoms with Gasteiger partial charge in [0.05, 0.1) is 26.0 Å². The second-order valence-corrected chi connectivity index (χ2v) is 9.24. The Morgan fingerprint density at radius 2 is 1.97 bits per heavy atom. The van der Waals surface area contributed by atoms with Crippen LogP contribution in [-0.4, -0.2) is 47.2 Å². The summed E-state index contributed by atoms with van der Waals surface area (Å²) in [6.45, 7) is 2.11. The number of rotatable bonds is 9. The minimum atomic E-state index is -0.535. The number of carbonyl (C=O) groups excluding carboxylic acids is 2. The number of hydrazone groups is 1. The maximum atomic E-state index is 12.8. The molecule has 1 N–H and O–H groups in total. The first kappa shape index (κ1) is 25.3. The molecule has 1 unspecified atom stereocenters. The largest absolute Gasteiger partial charge is 0.493 e. The SMILES string of the molecule is CCC1OC(=O)N(Cc2cccc(NC(=O)c3ccno3)c2)N=C1c1ccc(OC)c(OC2CCCC2)c1. The Kier molecular flexibility index (Phi) is 7.57. The highest BCUT2D eigenvalue weighted by molar-refractivity contribution is 6.06. The molecule has 2 aliphatic rings. The zero-order valence-electron chi connectivity index (χ0n) is 21.4. The van der Waals surface area contributed by atoms with Crippen molar-refractivity contribution in [2.24, 2.45) is 5.10 Å². The summed E-state index contributed by atoms with van der Waals surface area (Å²) in [5.74, 6) is 1.00. The number of ether oxygens (including phenoxy) is 3. The highest BCUT2D eigenvalue weighted by Gasteiger charge is 2.31. The number of carbonyl (C=O) groups is 2. The predicted octanol–water partition coefficient (Wildman–Crippen LogP) is 5.39.